The van der Waals surface area contributed by atoms with Crippen LogP contribution in [0.3, 0.4) is 0 Å². The van der Waals surface area contributed by atoms with E-state index in [-0.39, 0.29) is 16.9 Å². The highest BCUT2D eigenvalue weighted by Gasteiger charge is 2.15. The summed E-state index contributed by atoms with van der Waals surface area (Å²) in [5, 5.41) is 3.23. The molecule has 0 aliphatic carbocycles. The molecule has 0 unspecified atom stereocenters. The van der Waals surface area contributed by atoms with Gasteiger partial charge in [-0.15, -0.1) is 0 Å². The third-order valence-electron chi connectivity index (χ3n) is 4.12. The number of nitrogens with one attached hydrogen (secondary N) is 2. The molecular weight excluding hydrogens is 296 g/mol. The van der Waals surface area contributed by atoms with E-state index in [1.54, 1.807) is 24.3 Å². The topological polar surface area (TPSA) is 73.0 Å². The van der Waals surface area contributed by atoms with Crippen LogP contribution in [0, 0.1) is 0 Å². The molecule has 1 amide bonds. The van der Waals surface area contributed by atoms with Crippen LogP contribution in [0.15, 0.2) is 39.7 Å². The zero-order valence-electron chi connectivity index (χ0n) is 13.0. The van der Waals surface area contributed by atoms with Gasteiger partial charge in [-0.1, -0.05) is 12.1 Å². The Balaban J connectivity index is 1.56. The van der Waals surface area contributed by atoms with Crippen LogP contribution < -0.4 is 15.6 Å². The second kappa shape index (κ2) is 7.39. The molecule has 2 aromatic rings. The van der Waals surface area contributed by atoms with E-state index in [0.29, 0.717) is 17.5 Å². The number of ether oxygens (including phenoxy) is 1. The van der Waals surface area contributed by atoms with E-state index in [4.69, 9.17) is 9.15 Å². The highest BCUT2D eigenvalue weighted by molar-refractivity contribution is 5.96. The molecule has 122 valence electrons. The van der Waals surface area contributed by atoms with E-state index in [1.807, 2.05) is 0 Å². The first kappa shape index (κ1) is 15.7. The lowest BCUT2D eigenvalue weighted by molar-refractivity contribution is -0.908. The van der Waals surface area contributed by atoms with Gasteiger partial charge in [-0.2, -0.15) is 0 Å². The molecule has 0 spiro atoms. The standard InChI is InChI=1S/C17H20N2O4/c20-16-13-4-1-2-5-15(13)23-12-14(16)17(21)18-6-3-7-19-8-10-22-11-9-19/h1-2,4-5,12H,3,6-11H2,(H,18,21)/p+1. The summed E-state index contributed by atoms with van der Waals surface area (Å²) in [6, 6.07) is 6.92. The maximum absolute atomic E-state index is 12.3. The third-order valence-corrected chi connectivity index (χ3v) is 4.12. The molecule has 1 aromatic heterocycles. The zero-order valence-corrected chi connectivity index (χ0v) is 13.0. The maximum Gasteiger partial charge on any atom is 0.258 e. The highest BCUT2D eigenvalue weighted by Crippen LogP contribution is 2.10. The lowest BCUT2D eigenvalue weighted by Crippen LogP contribution is -3.14. The van der Waals surface area contributed by atoms with Gasteiger partial charge < -0.3 is 19.4 Å². The van der Waals surface area contributed by atoms with Crippen LogP contribution in [0.5, 0.6) is 0 Å². The van der Waals surface area contributed by atoms with Crippen LogP contribution in [-0.2, 0) is 4.74 Å². The zero-order chi connectivity index (χ0) is 16.1. The highest BCUT2D eigenvalue weighted by atomic mass is 16.5. The fourth-order valence-electron chi connectivity index (χ4n) is 2.78. The lowest BCUT2D eigenvalue weighted by atomic mass is 10.1. The maximum atomic E-state index is 12.3. The molecule has 3 rings (SSSR count). The minimum absolute atomic E-state index is 0.0578. The van der Waals surface area contributed by atoms with Gasteiger partial charge in [0.15, 0.2) is 0 Å². The van der Waals surface area contributed by atoms with Crippen molar-refractivity contribution < 1.29 is 18.8 Å². The van der Waals surface area contributed by atoms with E-state index in [0.717, 1.165) is 39.3 Å². The van der Waals surface area contributed by atoms with Crippen LogP contribution in [0.25, 0.3) is 11.0 Å². The number of benzene rings is 1. The summed E-state index contributed by atoms with van der Waals surface area (Å²) in [6.07, 6.45) is 2.12. The summed E-state index contributed by atoms with van der Waals surface area (Å²) in [6.45, 7) is 5.19. The predicted molar refractivity (Wildman–Crippen MR) is 85.8 cm³/mol. The molecule has 23 heavy (non-hydrogen) atoms. The van der Waals surface area contributed by atoms with Gasteiger partial charge in [0, 0.05) is 13.0 Å². The Labute approximate surface area is 134 Å². The minimum Gasteiger partial charge on any atom is -0.463 e. The minimum atomic E-state index is -0.374. The van der Waals surface area contributed by atoms with Crippen LogP contribution in [0.4, 0.5) is 0 Å². The van der Waals surface area contributed by atoms with Crippen LogP contribution in [0.2, 0.25) is 0 Å². The molecule has 2 N–H and O–H groups in total. The first-order valence-corrected chi connectivity index (χ1v) is 7.96. The van der Waals surface area contributed by atoms with Crippen molar-refractivity contribution >= 4 is 16.9 Å². The molecular formula is C17H21N2O4+. The van der Waals surface area contributed by atoms with Gasteiger partial charge in [0.1, 0.15) is 30.5 Å². The van der Waals surface area contributed by atoms with Gasteiger partial charge in [0.2, 0.25) is 5.43 Å². The number of fused-ring (bicyclic) bond motifs is 1. The van der Waals surface area contributed by atoms with Gasteiger partial charge in [0.05, 0.1) is 25.1 Å². The molecule has 6 heteroatoms. The van der Waals surface area contributed by atoms with E-state index in [9.17, 15) is 9.59 Å². The number of hydrogen-bond donors (Lipinski definition) is 2. The number of amides is 1. The number of para-hydroxylation sites is 1. The van der Waals surface area contributed by atoms with Crippen molar-refractivity contribution in [2.75, 3.05) is 39.4 Å². The molecule has 0 radical (unpaired) electrons. The summed E-state index contributed by atoms with van der Waals surface area (Å²) < 4.78 is 10.7. The van der Waals surface area contributed by atoms with Crippen LogP contribution in [0.1, 0.15) is 16.8 Å². The Morgan fingerprint density at radius 1 is 1.22 bits per heavy atom. The summed E-state index contributed by atoms with van der Waals surface area (Å²) in [5.74, 6) is -0.374. The molecule has 6 nitrogen and oxygen atoms in total. The monoisotopic (exact) mass is 317 g/mol. The van der Waals surface area contributed by atoms with Gasteiger partial charge in [0.25, 0.3) is 5.91 Å². The fourth-order valence-corrected chi connectivity index (χ4v) is 2.78. The van der Waals surface area contributed by atoms with Crippen LogP contribution in [-0.4, -0.2) is 45.3 Å². The van der Waals surface area contributed by atoms with Crippen molar-refractivity contribution in [3.63, 3.8) is 0 Å². The average molecular weight is 317 g/mol. The number of carbonyl (C=O) groups is 1. The fraction of sp³-hybridized carbons (Fsp3) is 0.412. The van der Waals surface area contributed by atoms with Crippen molar-refractivity contribution in [3.8, 4) is 0 Å². The van der Waals surface area contributed by atoms with Gasteiger partial charge in [-0.25, -0.2) is 0 Å². The Bertz CT molecular complexity index is 735. The number of quaternary nitrogens is 1. The van der Waals surface area contributed by atoms with E-state index < -0.39 is 0 Å². The second-order valence-corrected chi connectivity index (χ2v) is 5.70. The quantitative estimate of drug-likeness (QED) is 0.751. The molecule has 2 heterocycles. The SMILES string of the molecule is O=C(NCCC[NH+]1CCOCC1)c1coc2ccccc2c1=O. The van der Waals surface area contributed by atoms with Crippen molar-refractivity contribution in [1.82, 2.24) is 5.32 Å². The second-order valence-electron chi connectivity index (χ2n) is 5.70. The van der Waals surface area contributed by atoms with Gasteiger partial charge >= 0.3 is 0 Å². The molecule has 0 saturated carbocycles. The smallest absolute Gasteiger partial charge is 0.258 e. The Morgan fingerprint density at radius 2 is 2.00 bits per heavy atom. The summed E-state index contributed by atoms with van der Waals surface area (Å²) in [4.78, 5) is 26.0. The predicted octanol–water partition coefficient (Wildman–Crippen LogP) is -0.172. The lowest BCUT2D eigenvalue weighted by Gasteiger charge is -2.23. The summed E-state index contributed by atoms with van der Waals surface area (Å²) in [5.41, 5.74) is 0.260. The molecule has 0 atom stereocenters. The van der Waals surface area contributed by atoms with Gasteiger partial charge in [-0.3, -0.25) is 9.59 Å². The third kappa shape index (κ3) is 3.78. The Hall–Kier alpha value is -2.18. The molecule has 1 aliphatic heterocycles. The first-order valence-electron chi connectivity index (χ1n) is 7.96. The molecule has 1 aliphatic rings. The van der Waals surface area contributed by atoms with Crippen molar-refractivity contribution in [2.24, 2.45) is 0 Å². The van der Waals surface area contributed by atoms with Crippen molar-refractivity contribution in [2.45, 2.75) is 6.42 Å². The van der Waals surface area contributed by atoms with Crippen molar-refractivity contribution in [3.05, 3.63) is 46.3 Å². The number of rotatable bonds is 5. The van der Waals surface area contributed by atoms with E-state index in [2.05, 4.69) is 5.32 Å². The summed E-state index contributed by atoms with van der Waals surface area (Å²) in [7, 11) is 0. The van der Waals surface area contributed by atoms with Gasteiger partial charge in [-0.05, 0) is 12.1 Å². The summed E-state index contributed by atoms with van der Waals surface area (Å²) >= 11 is 0. The molecule has 1 fully saturated rings. The molecule has 1 aromatic carbocycles. The normalized spacial score (nSPS) is 15.7. The first-order chi connectivity index (χ1) is 11.3. The number of hydrogen-bond acceptors (Lipinski definition) is 4. The van der Waals surface area contributed by atoms with E-state index in [1.165, 1.54) is 11.2 Å². The average Bonchev–Trinajstić information content (AvgIpc) is 2.60. The number of morpholine rings is 1. The molecule has 1 saturated heterocycles. The van der Waals surface area contributed by atoms with Crippen molar-refractivity contribution in [1.29, 1.82) is 0 Å². The Kier molecular flexibility index (Phi) is 5.05. The van der Waals surface area contributed by atoms with E-state index >= 15 is 0 Å². The van der Waals surface area contributed by atoms with Crippen LogP contribution >= 0.6 is 0 Å². The molecule has 0 bridgehead atoms. The largest absolute Gasteiger partial charge is 0.463 e. The number of carbonyl (C=O) groups excluding carboxylic acids is 1. The Morgan fingerprint density at radius 3 is 2.83 bits per heavy atom.